The van der Waals surface area contributed by atoms with Crippen LogP contribution in [0.1, 0.15) is 32.6 Å². The van der Waals surface area contributed by atoms with Crippen molar-refractivity contribution in [3.8, 4) is 0 Å². The van der Waals surface area contributed by atoms with Gasteiger partial charge in [-0.2, -0.15) is 12.7 Å². The molecule has 0 aliphatic heterocycles. The quantitative estimate of drug-likeness (QED) is 0.848. The van der Waals surface area contributed by atoms with Gasteiger partial charge in [-0.1, -0.05) is 0 Å². The van der Waals surface area contributed by atoms with E-state index in [0.717, 1.165) is 11.3 Å². The van der Waals surface area contributed by atoms with E-state index >= 15 is 0 Å². The fraction of sp³-hybridized carbons (Fsp3) is 0.667. The Hall–Kier alpha value is -0.700. The molecule has 0 aromatic carbocycles. The van der Waals surface area contributed by atoms with Crippen LogP contribution in [0.2, 0.25) is 0 Å². The Labute approximate surface area is 105 Å². The average Bonchev–Trinajstić information content (AvgIpc) is 2.64. The smallest absolute Gasteiger partial charge is 0.303 e. The molecule has 0 radical (unpaired) electrons. The fourth-order valence-electron chi connectivity index (χ4n) is 0.985. The van der Waals surface area contributed by atoms with Gasteiger partial charge in [-0.3, -0.25) is 0 Å². The van der Waals surface area contributed by atoms with E-state index < -0.39 is 16.3 Å². The van der Waals surface area contributed by atoms with Gasteiger partial charge in [0.05, 0.1) is 11.8 Å². The van der Waals surface area contributed by atoms with Gasteiger partial charge in [-0.25, -0.2) is 9.71 Å². The maximum Gasteiger partial charge on any atom is 0.303 e. The first-order valence-electron chi connectivity index (χ1n) is 5.13. The van der Waals surface area contributed by atoms with E-state index in [-0.39, 0.29) is 11.2 Å². The highest BCUT2D eigenvalue weighted by Crippen LogP contribution is 2.21. The molecule has 1 heterocycles. The van der Waals surface area contributed by atoms with Gasteiger partial charge in [0.1, 0.15) is 0 Å². The second kappa shape index (κ2) is 5.30. The Morgan fingerprint density at radius 1 is 1.47 bits per heavy atom. The minimum atomic E-state index is -3.58. The van der Waals surface area contributed by atoms with Crippen molar-refractivity contribution in [1.82, 2.24) is 9.29 Å². The third kappa shape index (κ3) is 3.63. The lowest BCUT2D eigenvalue weighted by atomic mass is 10.3. The van der Waals surface area contributed by atoms with Crippen molar-refractivity contribution in [3.05, 3.63) is 11.1 Å². The minimum Gasteiger partial charge on any atom is -0.387 e. The molecule has 1 atom stereocenters. The number of aliphatic hydroxyl groups excluding tert-OH is 1. The van der Waals surface area contributed by atoms with Crippen LogP contribution in [0.25, 0.3) is 0 Å². The lowest BCUT2D eigenvalue weighted by molar-refractivity contribution is 0.195. The highest BCUT2D eigenvalue weighted by atomic mass is 32.2. The molecule has 0 aliphatic carbocycles. The molecule has 1 aromatic rings. The van der Waals surface area contributed by atoms with Crippen molar-refractivity contribution < 1.29 is 13.5 Å². The number of rotatable bonds is 5. The Bertz CT molecular complexity index is 468. The van der Waals surface area contributed by atoms with E-state index in [1.807, 2.05) is 0 Å². The summed E-state index contributed by atoms with van der Waals surface area (Å²) in [4.78, 5) is 3.99. The predicted octanol–water partition coefficient (Wildman–Crippen LogP) is 1.19. The van der Waals surface area contributed by atoms with Crippen molar-refractivity contribution in [2.75, 3.05) is 11.8 Å². The van der Waals surface area contributed by atoms with E-state index in [1.165, 1.54) is 11.4 Å². The molecular weight excluding hydrogens is 262 g/mol. The molecule has 8 heteroatoms. The number of aliphatic hydroxyl groups is 1. The number of hydrogen-bond acceptors (Lipinski definition) is 5. The van der Waals surface area contributed by atoms with Crippen molar-refractivity contribution >= 4 is 26.7 Å². The topological polar surface area (TPSA) is 82.5 Å². The fourth-order valence-corrected chi connectivity index (χ4v) is 3.10. The van der Waals surface area contributed by atoms with Gasteiger partial charge in [0.15, 0.2) is 5.13 Å². The molecule has 6 nitrogen and oxygen atoms in total. The van der Waals surface area contributed by atoms with Crippen LogP contribution in [0.3, 0.4) is 0 Å². The van der Waals surface area contributed by atoms with Gasteiger partial charge in [0.25, 0.3) is 0 Å². The van der Waals surface area contributed by atoms with Crippen molar-refractivity contribution in [1.29, 1.82) is 0 Å². The monoisotopic (exact) mass is 279 g/mol. The van der Waals surface area contributed by atoms with Crippen molar-refractivity contribution in [2.45, 2.75) is 32.9 Å². The first-order valence-corrected chi connectivity index (χ1v) is 7.45. The Kier molecular flexibility index (Phi) is 4.48. The van der Waals surface area contributed by atoms with Gasteiger partial charge in [-0.05, 0) is 20.8 Å². The number of hydrogen-bond donors (Lipinski definition) is 2. The normalized spacial score (nSPS) is 14.3. The third-order valence-corrected chi connectivity index (χ3v) is 4.81. The molecule has 17 heavy (non-hydrogen) atoms. The number of nitrogens with zero attached hydrogens (tertiary/aromatic N) is 2. The largest absolute Gasteiger partial charge is 0.387 e. The van der Waals surface area contributed by atoms with Crippen LogP contribution < -0.4 is 4.72 Å². The summed E-state index contributed by atoms with van der Waals surface area (Å²) >= 11 is 1.15. The first-order chi connectivity index (χ1) is 7.74. The molecule has 0 saturated heterocycles. The maximum absolute atomic E-state index is 11.8. The van der Waals surface area contributed by atoms with Crippen LogP contribution in [0.5, 0.6) is 0 Å². The van der Waals surface area contributed by atoms with Crippen LogP contribution in [-0.4, -0.2) is 35.9 Å². The SMILES string of the molecule is CC(O)c1csc(NS(=O)(=O)N(C)C(C)C)n1. The standard InChI is InChI=1S/C9H17N3O3S2/c1-6(2)12(4)17(14,15)11-9-10-8(5-16-9)7(3)13/h5-7,13H,1-4H3,(H,10,11). The summed E-state index contributed by atoms with van der Waals surface area (Å²) in [6, 6.07) is -0.135. The van der Waals surface area contributed by atoms with Crippen LogP contribution in [0.15, 0.2) is 5.38 Å². The van der Waals surface area contributed by atoms with Gasteiger partial charge in [0, 0.05) is 18.5 Å². The molecule has 0 spiro atoms. The van der Waals surface area contributed by atoms with Crippen LogP contribution in [-0.2, 0) is 10.2 Å². The second-order valence-electron chi connectivity index (χ2n) is 3.97. The molecule has 1 unspecified atom stereocenters. The summed E-state index contributed by atoms with van der Waals surface area (Å²) in [5.74, 6) is 0. The van der Waals surface area contributed by atoms with E-state index in [9.17, 15) is 13.5 Å². The summed E-state index contributed by atoms with van der Waals surface area (Å²) < 4.78 is 27.3. The lowest BCUT2D eigenvalue weighted by Crippen LogP contribution is -2.37. The first kappa shape index (κ1) is 14.4. The molecule has 0 saturated carbocycles. The number of aromatic nitrogens is 1. The Morgan fingerprint density at radius 3 is 2.47 bits per heavy atom. The van der Waals surface area contributed by atoms with Gasteiger partial charge < -0.3 is 5.11 Å². The van der Waals surface area contributed by atoms with E-state index in [2.05, 4.69) is 9.71 Å². The van der Waals surface area contributed by atoms with Crippen LogP contribution in [0.4, 0.5) is 5.13 Å². The lowest BCUT2D eigenvalue weighted by Gasteiger charge is -2.20. The molecule has 0 fully saturated rings. The number of nitrogens with one attached hydrogen (secondary N) is 1. The summed E-state index contributed by atoms with van der Waals surface area (Å²) in [7, 11) is -2.08. The minimum absolute atomic E-state index is 0.135. The van der Waals surface area contributed by atoms with Crippen LogP contribution in [0, 0.1) is 0 Å². The van der Waals surface area contributed by atoms with E-state index in [1.54, 1.807) is 26.2 Å². The predicted molar refractivity (Wildman–Crippen MR) is 68.2 cm³/mol. The number of anilines is 1. The summed E-state index contributed by atoms with van der Waals surface area (Å²) in [5, 5.41) is 11.2. The molecule has 98 valence electrons. The highest BCUT2D eigenvalue weighted by Gasteiger charge is 2.21. The number of thiazole rings is 1. The molecule has 1 aromatic heterocycles. The zero-order chi connectivity index (χ0) is 13.2. The zero-order valence-corrected chi connectivity index (χ0v) is 11.8. The van der Waals surface area contributed by atoms with Gasteiger partial charge >= 0.3 is 10.2 Å². The van der Waals surface area contributed by atoms with Crippen LogP contribution >= 0.6 is 11.3 Å². The van der Waals surface area contributed by atoms with Gasteiger partial charge in [-0.15, -0.1) is 11.3 Å². The summed E-state index contributed by atoms with van der Waals surface area (Å²) in [6.45, 7) is 5.14. The maximum atomic E-state index is 11.8. The molecular formula is C9H17N3O3S2. The molecule has 0 aliphatic rings. The Morgan fingerprint density at radius 2 is 2.06 bits per heavy atom. The van der Waals surface area contributed by atoms with Gasteiger partial charge in [0.2, 0.25) is 0 Å². The zero-order valence-electron chi connectivity index (χ0n) is 10.2. The summed E-state index contributed by atoms with van der Waals surface area (Å²) in [6.07, 6.45) is -0.702. The molecule has 2 N–H and O–H groups in total. The summed E-state index contributed by atoms with van der Waals surface area (Å²) in [5.41, 5.74) is 0.458. The molecule has 1 rings (SSSR count). The van der Waals surface area contributed by atoms with Crippen molar-refractivity contribution in [3.63, 3.8) is 0 Å². The third-order valence-electron chi connectivity index (χ3n) is 2.27. The van der Waals surface area contributed by atoms with E-state index in [0.29, 0.717) is 5.69 Å². The molecule has 0 amide bonds. The Balaban J connectivity index is 2.83. The second-order valence-corrected chi connectivity index (χ2v) is 6.56. The molecule has 0 bridgehead atoms. The van der Waals surface area contributed by atoms with E-state index in [4.69, 9.17) is 0 Å². The average molecular weight is 279 g/mol. The highest BCUT2D eigenvalue weighted by molar-refractivity contribution is 7.90. The van der Waals surface area contributed by atoms with Crippen molar-refractivity contribution in [2.24, 2.45) is 0 Å².